The van der Waals surface area contributed by atoms with Crippen LogP contribution in [0.5, 0.6) is 0 Å². The second kappa shape index (κ2) is 60.2. The van der Waals surface area contributed by atoms with Gasteiger partial charge in [-0.3, -0.25) is 14.4 Å². The van der Waals surface area contributed by atoms with Crippen LogP contribution in [-0.2, 0) is 28.6 Å². The predicted octanol–water partition coefficient (Wildman–Crippen LogP) is 21.2. The van der Waals surface area contributed by atoms with Gasteiger partial charge in [0, 0.05) is 19.3 Å². The van der Waals surface area contributed by atoms with E-state index < -0.39 is 6.10 Å². The lowest BCUT2D eigenvalue weighted by molar-refractivity contribution is -0.167. The molecule has 0 aliphatic heterocycles. The van der Waals surface area contributed by atoms with Crippen LogP contribution in [0, 0.1) is 0 Å². The standard InChI is InChI=1S/C65H120O6/c1-4-7-10-13-16-19-22-25-28-30-32-34-37-39-42-45-48-51-54-57-63(66)69-60-62(71-65(68)59-56-53-50-47-44-41-36-27-24-21-18-15-12-9-6-3)61-70-64(67)58-55-52-49-46-43-40-38-35-33-31-29-26-23-20-17-14-11-8-5-2/h21,24-26,28-29,62H,4-20,22-23,27,30-61H2,1-3H3/b24-21-,28-25-,29-26-. The highest BCUT2D eigenvalue weighted by Gasteiger charge is 2.19. The molecule has 0 bridgehead atoms. The molecule has 0 aliphatic rings. The lowest BCUT2D eigenvalue weighted by Gasteiger charge is -2.18. The van der Waals surface area contributed by atoms with Crippen molar-refractivity contribution < 1.29 is 28.6 Å². The number of carbonyl (C=O) groups is 3. The fourth-order valence-electron chi connectivity index (χ4n) is 9.31. The first kappa shape index (κ1) is 68.6. The maximum Gasteiger partial charge on any atom is 0.306 e. The van der Waals surface area contributed by atoms with E-state index in [1.165, 1.54) is 244 Å². The summed E-state index contributed by atoms with van der Waals surface area (Å²) in [5, 5.41) is 0. The maximum absolute atomic E-state index is 12.9. The van der Waals surface area contributed by atoms with Crippen LogP contribution < -0.4 is 0 Å². The summed E-state index contributed by atoms with van der Waals surface area (Å²) >= 11 is 0. The molecule has 0 rings (SSSR count). The first-order valence-corrected chi connectivity index (χ1v) is 31.5. The topological polar surface area (TPSA) is 78.9 Å². The minimum absolute atomic E-state index is 0.0726. The van der Waals surface area contributed by atoms with Crippen LogP contribution in [0.3, 0.4) is 0 Å². The normalized spacial score (nSPS) is 11.8. The number of rotatable bonds is 58. The second-order valence-electron chi connectivity index (χ2n) is 21.3. The number of unbranched alkanes of at least 4 members (excludes halogenated alkanes) is 41. The highest BCUT2D eigenvalue weighted by atomic mass is 16.6. The number of ether oxygens (including phenoxy) is 3. The summed E-state index contributed by atoms with van der Waals surface area (Å²) in [4.78, 5) is 38.3. The van der Waals surface area contributed by atoms with Crippen molar-refractivity contribution in [3.63, 3.8) is 0 Å². The molecular formula is C65H120O6. The highest BCUT2D eigenvalue weighted by molar-refractivity contribution is 5.71. The van der Waals surface area contributed by atoms with E-state index in [1.807, 2.05) is 0 Å². The molecule has 0 saturated heterocycles. The third-order valence-electron chi connectivity index (χ3n) is 14.1. The van der Waals surface area contributed by atoms with E-state index in [1.54, 1.807) is 0 Å². The van der Waals surface area contributed by atoms with E-state index in [9.17, 15) is 14.4 Å². The zero-order valence-electron chi connectivity index (χ0n) is 47.8. The number of hydrogen-bond acceptors (Lipinski definition) is 6. The average Bonchev–Trinajstić information content (AvgIpc) is 3.37. The Balaban J connectivity index is 4.33. The molecule has 0 heterocycles. The molecule has 0 amide bonds. The molecule has 0 aromatic rings. The predicted molar refractivity (Wildman–Crippen MR) is 307 cm³/mol. The SMILES string of the molecule is CCCCCC/C=C\CCCCCCCCCC(=O)OC(COC(=O)CCCCCCCCCCC/C=C\CCCCCCCC)COC(=O)CCCCCCCCCCC/C=C\CCCCCCCC. The molecule has 416 valence electrons. The molecular weight excluding hydrogens is 877 g/mol. The molecule has 0 radical (unpaired) electrons. The Hall–Kier alpha value is -2.37. The van der Waals surface area contributed by atoms with Gasteiger partial charge in [-0.1, -0.05) is 263 Å². The van der Waals surface area contributed by atoms with Crippen LogP contribution in [0.1, 0.15) is 342 Å². The van der Waals surface area contributed by atoms with Crippen molar-refractivity contribution >= 4 is 17.9 Å². The Labute approximate surface area is 442 Å². The van der Waals surface area contributed by atoms with Gasteiger partial charge in [-0.05, 0) is 96.3 Å². The van der Waals surface area contributed by atoms with Crippen molar-refractivity contribution in [2.24, 2.45) is 0 Å². The van der Waals surface area contributed by atoms with Gasteiger partial charge in [0.15, 0.2) is 6.10 Å². The van der Waals surface area contributed by atoms with Crippen molar-refractivity contribution in [1.82, 2.24) is 0 Å². The first-order chi connectivity index (χ1) is 35.0. The summed E-state index contributed by atoms with van der Waals surface area (Å²) in [5.41, 5.74) is 0. The Morgan fingerprint density at radius 3 is 0.718 bits per heavy atom. The molecule has 0 aromatic heterocycles. The Kier molecular flexibility index (Phi) is 58.2. The van der Waals surface area contributed by atoms with Crippen molar-refractivity contribution in [2.75, 3.05) is 13.2 Å². The van der Waals surface area contributed by atoms with Crippen LogP contribution in [0.2, 0.25) is 0 Å². The van der Waals surface area contributed by atoms with Crippen molar-refractivity contribution in [3.8, 4) is 0 Å². The summed E-state index contributed by atoms with van der Waals surface area (Å²) in [6, 6.07) is 0. The van der Waals surface area contributed by atoms with Gasteiger partial charge in [0.1, 0.15) is 13.2 Å². The third-order valence-corrected chi connectivity index (χ3v) is 14.1. The number of hydrogen-bond donors (Lipinski definition) is 0. The second-order valence-corrected chi connectivity index (χ2v) is 21.3. The molecule has 6 heteroatoms. The first-order valence-electron chi connectivity index (χ1n) is 31.5. The molecule has 0 aliphatic carbocycles. The third kappa shape index (κ3) is 58.4. The van der Waals surface area contributed by atoms with E-state index in [2.05, 4.69) is 57.2 Å². The summed E-state index contributed by atoms with van der Waals surface area (Å²) in [6.07, 6.45) is 72.8. The van der Waals surface area contributed by atoms with Gasteiger partial charge in [0.2, 0.25) is 0 Å². The van der Waals surface area contributed by atoms with E-state index in [-0.39, 0.29) is 31.1 Å². The van der Waals surface area contributed by atoms with Gasteiger partial charge in [-0.25, -0.2) is 0 Å². The highest BCUT2D eigenvalue weighted by Crippen LogP contribution is 2.17. The largest absolute Gasteiger partial charge is 0.462 e. The lowest BCUT2D eigenvalue weighted by Crippen LogP contribution is -2.30. The van der Waals surface area contributed by atoms with Crippen LogP contribution in [0.15, 0.2) is 36.5 Å². The fourth-order valence-corrected chi connectivity index (χ4v) is 9.31. The monoisotopic (exact) mass is 997 g/mol. The van der Waals surface area contributed by atoms with Gasteiger partial charge >= 0.3 is 17.9 Å². The van der Waals surface area contributed by atoms with E-state index >= 15 is 0 Å². The lowest BCUT2D eigenvalue weighted by atomic mass is 10.1. The molecule has 0 atom stereocenters. The van der Waals surface area contributed by atoms with Gasteiger partial charge in [0.25, 0.3) is 0 Å². The van der Waals surface area contributed by atoms with Crippen molar-refractivity contribution in [1.29, 1.82) is 0 Å². The Morgan fingerprint density at radius 1 is 0.268 bits per heavy atom. The summed E-state index contributed by atoms with van der Waals surface area (Å²) in [5.74, 6) is -0.860. The number of esters is 3. The minimum Gasteiger partial charge on any atom is -0.462 e. The minimum atomic E-state index is -0.775. The van der Waals surface area contributed by atoms with E-state index in [0.29, 0.717) is 19.3 Å². The van der Waals surface area contributed by atoms with E-state index in [0.717, 1.165) is 57.8 Å². The molecule has 0 fully saturated rings. The van der Waals surface area contributed by atoms with Gasteiger partial charge < -0.3 is 14.2 Å². The number of allylic oxidation sites excluding steroid dienone is 6. The molecule has 6 nitrogen and oxygen atoms in total. The van der Waals surface area contributed by atoms with E-state index in [4.69, 9.17) is 14.2 Å². The summed E-state index contributed by atoms with van der Waals surface area (Å²) in [7, 11) is 0. The smallest absolute Gasteiger partial charge is 0.306 e. The zero-order chi connectivity index (χ0) is 51.4. The zero-order valence-corrected chi connectivity index (χ0v) is 47.8. The molecule has 0 spiro atoms. The average molecular weight is 998 g/mol. The van der Waals surface area contributed by atoms with Gasteiger partial charge in [0.05, 0.1) is 0 Å². The molecule has 0 aromatic carbocycles. The summed E-state index contributed by atoms with van der Waals surface area (Å²) in [6.45, 7) is 6.67. The molecule has 0 saturated carbocycles. The van der Waals surface area contributed by atoms with Crippen LogP contribution in [0.25, 0.3) is 0 Å². The quantitative estimate of drug-likeness (QED) is 0.0261. The van der Waals surface area contributed by atoms with Crippen molar-refractivity contribution in [3.05, 3.63) is 36.5 Å². The van der Waals surface area contributed by atoms with Crippen molar-refractivity contribution in [2.45, 2.75) is 348 Å². The van der Waals surface area contributed by atoms with Gasteiger partial charge in [-0.2, -0.15) is 0 Å². The summed E-state index contributed by atoms with van der Waals surface area (Å²) < 4.78 is 16.9. The molecule has 71 heavy (non-hydrogen) atoms. The van der Waals surface area contributed by atoms with Crippen LogP contribution in [0.4, 0.5) is 0 Å². The Morgan fingerprint density at radius 2 is 0.465 bits per heavy atom. The van der Waals surface area contributed by atoms with Crippen LogP contribution >= 0.6 is 0 Å². The maximum atomic E-state index is 12.9. The molecule has 0 unspecified atom stereocenters. The molecule has 0 N–H and O–H groups in total. The number of carbonyl (C=O) groups excluding carboxylic acids is 3. The van der Waals surface area contributed by atoms with Gasteiger partial charge in [-0.15, -0.1) is 0 Å². The fraction of sp³-hybridized carbons (Fsp3) is 0.862. The Bertz CT molecular complexity index is 1130. The van der Waals surface area contributed by atoms with Crippen LogP contribution in [-0.4, -0.2) is 37.2 Å².